The largest absolute Gasteiger partial charge is 0.481 e. The second-order valence-electron chi connectivity index (χ2n) is 5.51. The molecule has 0 aliphatic carbocycles. The van der Waals surface area contributed by atoms with Crippen molar-refractivity contribution in [2.75, 3.05) is 0 Å². The van der Waals surface area contributed by atoms with Gasteiger partial charge < -0.3 is 14.9 Å². The second kappa shape index (κ2) is 7.37. The van der Waals surface area contributed by atoms with Crippen molar-refractivity contribution in [3.8, 4) is 0 Å². The van der Waals surface area contributed by atoms with E-state index in [1.54, 1.807) is 0 Å². The summed E-state index contributed by atoms with van der Waals surface area (Å²) in [5.41, 5.74) is -0.841. The standard InChI is InChI=1S/C15H18N2O7/c1-8-7-17(15(23)16-14(8)22)11-6-5-10(24-11)13(21)9(18)3-2-4-12(19)20/h5-7,10-11,13,21H,2-4H2,1H3,(H,19,20)(H,16,22,23)/t10-,11+,13?/m0/s1. The van der Waals surface area contributed by atoms with E-state index in [0.717, 1.165) is 4.57 Å². The molecule has 24 heavy (non-hydrogen) atoms. The number of aromatic nitrogens is 2. The Morgan fingerprint density at radius 2 is 2.04 bits per heavy atom. The maximum Gasteiger partial charge on any atom is 0.330 e. The Kier molecular flexibility index (Phi) is 5.47. The maximum absolute atomic E-state index is 11.8. The highest BCUT2D eigenvalue weighted by Gasteiger charge is 2.31. The third-order valence-corrected chi connectivity index (χ3v) is 3.64. The number of nitrogens with one attached hydrogen (secondary N) is 1. The number of carboxylic acid groups (broad SMARTS) is 1. The van der Waals surface area contributed by atoms with E-state index in [1.165, 1.54) is 25.3 Å². The summed E-state index contributed by atoms with van der Waals surface area (Å²) in [4.78, 5) is 47.6. The SMILES string of the molecule is Cc1cn([C@H]2C=C[C@@H](C(O)C(=O)CCCC(=O)O)O2)c(=O)[nH]c1=O. The quantitative estimate of drug-likeness (QED) is 0.569. The highest BCUT2D eigenvalue weighted by molar-refractivity contribution is 5.84. The van der Waals surface area contributed by atoms with E-state index in [-0.39, 0.29) is 19.3 Å². The van der Waals surface area contributed by atoms with Crippen LogP contribution in [-0.4, -0.2) is 43.7 Å². The number of H-pyrrole nitrogens is 1. The van der Waals surface area contributed by atoms with Gasteiger partial charge in [0.05, 0.1) is 0 Å². The lowest BCUT2D eigenvalue weighted by Gasteiger charge is -2.19. The number of nitrogens with zero attached hydrogens (tertiary/aromatic N) is 1. The number of aromatic amines is 1. The minimum Gasteiger partial charge on any atom is -0.481 e. The second-order valence-corrected chi connectivity index (χ2v) is 5.51. The summed E-state index contributed by atoms with van der Waals surface area (Å²) in [7, 11) is 0. The van der Waals surface area contributed by atoms with Crippen LogP contribution in [-0.2, 0) is 14.3 Å². The van der Waals surface area contributed by atoms with Gasteiger partial charge in [-0.1, -0.05) is 6.08 Å². The average molecular weight is 338 g/mol. The lowest BCUT2D eigenvalue weighted by molar-refractivity contribution is -0.138. The number of carboxylic acids is 1. The highest BCUT2D eigenvalue weighted by atomic mass is 16.5. The third kappa shape index (κ3) is 4.06. The molecule has 0 amide bonds. The van der Waals surface area contributed by atoms with Crippen LogP contribution in [0.3, 0.4) is 0 Å². The minimum absolute atomic E-state index is 0.0798. The predicted octanol–water partition coefficient (Wildman–Crippen LogP) is -0.516. The number of aliphatic hydroxyl groups is 1. The number of aliphatic carboxylic acids is 1. The molecule has 1 aliphatic rings. The van der Waals surface area contributed by atoms with Gasteiger partial charge in [0.25, 0.3) is 5.56 Å². The van der Waals surface area contributed by atoms with Crippen LogP contribution in [0.25, 0.3) is 0 Å². The molecule has 1 aromatic heterocycles. The van der Waals surface area contributed by atoms with Crippen LogP contribution in [0.1, 0.15) is 31.1 Å². The molecule has 0 fully saturated rings. The summed E-state index contributed by atoms with van der Waals surface area (Å²) in [5.74, 6) is -1.54. The number of ketones is 1. The molecule has 0 bridgehead atoms. The van der Waals surface area contributed by atoms with Gasteiger partial charge in [-0.05, 0) is 19.4 Å². The number of hydrogen-bond acceptors (Lipinski definition) is 6. The van der Waals surface area contributed by atoms with Gasteiger partial charge in [-0.3, -0.25) is 23.9 Å². The Hall–Kier alpha value is -2.52. The Morgan fingerprint density at radius 1 is 1.33 bits per heavy atom. The monoisotopic (exact) mass is 338 g/mol. The Bertz CT molecular complexity index is 777. The van der Waals surface area contributed by atoms with E-state index >= 15 is 0 Å². The van der Waals surface area contributed by atoms with Gasteiger partial charge in [0.2, 0.25) is 0 Å². The zero-order chi connectivity index (χ0) is 17.9. The Labute approximate surface area is 136 Å². The zero-order valence-corrected chi connectivity index (χ0v) is 13.0. The number of ether oxygens (including phenoxy) is 1. The van der Waals surface area contributed by atoms with E-state index in [4.69, 9.17) is 9.84 Å². The molecule has 0 aromatic carbocycles. The first-order valence-electron chi connectivity index (χ1n) is 7.38. The van der Waals surface area contributed by atoms with Crippen molar-refractivity contribution in [2.45, 2.75) is 44.6 Å². The van der Waals surface area contributed by atoms with Crippen LogP contribution in [0.15, 0.2) is 27.9 Å². The smallest absolute Gasteiger partial charge is 0.330 e. The summed E-state index contributed by atoms with van der Waals surface area (Å²) < 4.78 is 6.62. The molecular weight excluding hydrogens is 320 g/mol. The fraction of sp³-hybridized carbons (Fsp3) is 0.467. The predicted molar refractivity (Wildman–Crippen MR) is 81.6 cm³/mol. The first-order valence-corrected chi connectivity index (χ1v) is 7.38. The van der Waals surface area contributed by atoms with E-state index in [1.807, 2.05) is 0 Å². The number of aliphatic hydroxyl groups excluding tert-OH is 1. The van der Waals surface area contributed by atoms with Crippen LogP contribution in [0.2, 0.25) is 0 Å². The molecule has 3 N–H and O–H groups in total. The molecular formula is C15H18N2O7. The summed E-state index contributed by atoms with van der Waals surface area (Å²) in [5, 5.41) is 18.5. The molecule has 0 spiro atoms. The van der Waals surface area contributed by atoms with Crippen molar-refractivity contribution in [1.82, 2.24) is 9.55 Å². The molecule has 9 heteroatoms. The molecule has 2 rings (SSSR count). The van der Waals surface area contributed by atoms with Crippen molar-refractivity contribution in [2.24, 2.45) is 0 Å². The van der Waals surface area contributed by atoms with Gasteiger partial charge in [0, 0.05) is 24.6 Å². The fourth-order valence-corrected chi connectivity index (χ4v) is 2.31. The van der Waals surface area contributed by atoms with Gasteiger partial charge in [0.1, 0.15) is 12.2 Å². The summed E-state index contributed by atoms with van der Waals surface area (Å²) in [6, 6.07) is 0. The molecule has 0 radical (unpaired) electrons. The molecule has 1 aromatic rings. The van der Waals surface area contributed by atoms with E-state index < -0.39 is 41.4 Å². The van der Waals surface area contributed by atoms with Crippen molar-refractivity contribution in [3.63, 3.8) is 0 Å². The molecule has 1 aliphatic heterocycles. The highest BCUT2D eigenvalue weighted by Crippen LogP contribution is 2.22. The first-order chi connectivity index (χ1) is 11.3. The molecule has 9 nitrogen and oxygen atoms in total. The number of carbonyl (C=O) groups is 2. The van der Waals surface area contributed by atoms with Crippen molar-refractivity contribution < 1.29 is 24.5 Å². The van der Waals surface area contributed by atoms with Gasteiger partial charge in [-0.15, -0.1) is 0 Å². The molecule has 0 saturated heterocycles. The van der Waals surface area contributed by atoms with Gasteiger partial charge in [-0.25, -0.2) is 4.79 Å². The molecule has 2 heterocycles. The number of carbonyl (C=O) groups excluding carboxylic acids is 1. The van der Waals surface area contributed by atoms with Crippen molar-refractivity contribution in [3.05, 3.63) is 44.8 Å². The van der Waals surface area contributed by atoms with Gasteiger partial charge >= 0.3 is 11.7 Å². The fourth-order valence-electron chi connectivity index (χ4n) is 2.31. The summed E-state index contributed by atoms with van der Waals surface area (Å²) in [6.07, 6.45) is 0.946. The van der Waals surface area contributed by atoms with Gasteiger partial charge in [0.15, 0.2) is 12.0 Å². The topological polar surface area (TPSA) is 139 Å². The molecule has 130 valence electrons. The van der Waals surface area contributed by atoms with Gasteiger partial charge in [-0.2, -0.15) is 0 Å². The number of Topliss-reactive ketones (excluding diaryl/α,β-unsaturated/α-hetero) is 1. The number of aryl methyl sites for hydroxylation is 1. The minimum atomic E-state index is -1.44. The van der Waals surface area contributed by atoms with E-state index in [2.05, 4.69) is 4.98 Å². The average Bonchev–Trinajstić information content (AvgIpc) is 2.99. The zero-order valence-electron chi connectivity index (χ0n) is 13.0. The number of rotatable bonds is 7. The van der Waals surface area contributed by atoms with Crippen molar-refractivity contribution >= 4 is 11.8 Å². The molecule has 3 atom stereocenters. The Balaban J connectivity index is 2.00. The van der Waals surface area contributed by atoms with E-state index in [9.17, 15) is 24.3 Å². The lowest BCUT2D eigenvalue weighted by atomic mass is 10.0. The van der Waals surface area contributed by atoms with Crippen LogP contribution < -0.4 is 11.2 Å². The molecule has 0 saturated carbocycles. The lowest BCUT2D eigenvalue weighted by Crippen LogP contribution is -2.36. The van der Waals surface area contributed by atoms with E-state index in [0.29, 0.717) is 5.56 Å². The molecule has 1 unspecified atom stereocenters. The number of hydrogen-bond donors (Lipinski definition) is 3. The van der Waals surface area contributed by atoms with Crippen LogP contribution in [0.5, 0.6) is 0 Å². The normalized spacial score (nSPS) is 20.9. The first kappa shape index (κ1) is 17.8. The summed E-state index contributed by atoms with van der Waals surface area (Å²) >= 11 is 0. The maximum atomic E-state index is 11.8. The third-order valence-electron chi connectivity index (χ3n) is 3.64. The summed E-state index contributed by atoms with van der Waals surface area (Å²) in [6.45, 7) is 1.53. The Morgan fingerprint density at radius 3 is 2.71 bits per heavy atom. The van der Waals surface area contributed by atoms with Crippen LogP contribution in [0, 0.1) is 6.92 Å². The van der Waals surface area contributed by atoms with Crippen LogP contribution >= 0.6 is 0 Å². The van der Waals surface area contributed by atoms with Crippen LogP contribution in [0.4, 0.5) is 0 Å². The van der Waals surface area contributed by atoms with Crippen molar-refractivity contribution in [1.29, 1.82) is 0 Å².